The van der Waals surface area contributed by atoms with Crippen molar-refractivity contribution in [2.75, 3.05) is 25.1 Å². The third-order valence-electron chi connectivity index (χ3n) is 6.20. The first-order valence-corrected chi connectivity index (χ1v) is 14.3. The molecule has 2 heterocycles. The highest BCUT2D eigenvalue weighted by molar-refractivity contribution is 5.83. The average Bonchev–Trinajstić information content (AvgIpc) is 3.23. The van der Waals surface area contributed by atoms with Crippen molar-refractivity contribution in [3.05, 3.63) is 22.5 Å². The predicted molar refractivity (Wildman–Crippen MR) is 144 cm³/mol. The van der Waals surface area contributed by atoms with E-state index in [-0.39, 0.29) is 19.8 Å². The summed E-state index contributed by atoms with van der Waals surface area (Å²) in [7, 11) is 0. The summed E-state index contributed by atoms with van der Waals surface area (Å²) in [4.78, 5) is 53.3. The third kappa shape index (κ3) is 11.2. The maximum atomic E-state index is 14.9. The lowest BCUT2D eigenvalue weighted by molar-refractivity contribution is -0.0655. The molecule has 1 unspecified atom stereocenters. The highest BCUT2D eigenvalue weighted by Crippen LogP contribution is 2.34. The quantitative estimate of drug-likeness (QED) is 0.149. The van der Waals surface area contributed by atoms with Crippen molar-refractivity contribution in [1.29, 1.82) is 0 Å². The van der Waals surface area contributed by atoms with E-state index >= 15 is 0 Å². The van der Waals surface area contributed by atoms with Gasteiger partial charge in [0.2, 0.25) is 0 Å². The van der Waals surface area contributed by atoms with Crippen LogP contribution in [0.25, 0.3) is 0 Å². The van der Waals surface area contributed by atoms with E-state index < -0.39 is 60.3 Å². The zero-order valence-corrected chi connectivity index (χ0v) is 24.2. The van der Waals surface area contributed by atoms with Crippen LogP contribution in [0.5, 0.6) is 0 Å². The van der Waals surface area contributed by atoms with Crippen LogP contribution in [0.15, 0.2) is 11.0 Å². The maximum Gasteiger partial charge on any atom is 0.508 e. The van der Waals surface area contributed by atoms with Gasteiger partial charge in [0.25, 0.3) is 0 Å². The van der Waals surface area contributed by atoms with Crippen LogP contribution in [0.3, 0.4) is 0 Å². The van der Waals surface area contributed by atoms with Crippen LogP contribution in [0.4, 0.5) is 24.6 Å². The molecule has 13 nitrogen and oxygen atoms in total. The van der Waals surface area contributed by atoms with Gasteiger partial charge in [-0.2, -0.15) is 4.98 Å². The van der Waals surface area contributed by atoms with Gasteiger partial charge in [0.05, 0.1) is 32.1 Å². The molecule has 0 saturated carbocycles. The molecule has 1 aliphatic rings. The molecule has 14 heteroatoms. The summed E-state index contributed by atoms with van der Waals surface area (Å²) >= 11 is 0. The van der Waals surface area contributed by atoms with E-state index in [0.717, 1.165) is 49.3 Å². The Morgan fingerprint density at radius 2 is 1.39 bits per heavy atom. The van der Waals surface area contributed by atoms with Gasteiger partial charge in [0.15, 0.2) is 30.1 Å². The smallest absolute Gasteiger partial charge is 0.449 e. The monoisotopic (exact) mass is 587 g/mol. The Labute approximate surface area is 239 Å². The highest BCUT2D eigenvalue weighted by Gasteiger charge is 2.50. The van der Waals surface area contributed by atoms with Crippen molar-refractivity contribution in [1.82, 2.24) is 9.55 Å². The predicted octanol–water partition coefficient (Wildman–Crippen LogP) is 5.46. The van der Waals surface area contributed by atoms with E-state index in [1.807, 2.05) is 20.8 Å². The first-order valence-electron chi connectivity index (χ1n) is 14.3. The van der Waals surface area contributed by atoms with E-state index in [4.69, 9.17) is 28.4 Å². The maximum absolute atomic E-state index is 14.9. The lowest BCUT2D eigenvalue weighted by Gasteiger charge is -2.24. The average molecular weight is 588 g/mol. The Bertz CT molecular complexity index is 1040. The SMILES string of the molecule is CCCCCOC(=O)Nc1nc(=O)n([C@@H]2O[C@H](C)[C@H](OC(=O)OCCCCC)C2OC(=O)OCCCCC)cc1F. The van der Waals surface area contributed by atoms with Gasteiger partial charge < -0.3 is 28.4 Å². The normalized spacial score (nSPS) is 19.8. The molecule has 1 aromatic heterocycles. The number of amides is 1. The van der Waals surface area contributed by atoms with E-state index in [9.17, 15) is 23.6 Å². The van der Waals surface area contributed by atoms with Crippen LogP contribution in [0, 0.1) is 5.82 Å². The topological polar surface area (TPSA) is 154 Å². The van der Waals surface area contributed by atoms with Gasteiger partial charge >= 0.3 is 24.1 Å². The Hall–Kier alpha value is -3.42. The lowest BCUT2D eigenvalue weighted by Crippen LogP contribution is -2.41. The van der Waals surface area contributed by atoms with Crippen molar-refractivity contribution in [3.63, 3.8) is 0 Å². The fourth-order valence-corrected chi connectivity index (χ4v) is 3.99. The molecule has 1 N–H and O–H groups in total. The van der Waals surface area contributed by atoms with Crippen LogP contribution in [0.2, 0.25) is 0 Å². The van der Waals surface area contributed by atoms with Crippen molar-refractivity contribution < 1.29 is 47.2 Å². The molecule has 1 aliphatic heterocycles. The van der Waals surface area contributed by atoms with Gasteiger partial charge in [0.1, 0.15) is 0 Å². The minimum absolute atomic E-state index is 0.0938. The number of ether oxygens (including phenoxy) is 6. The number of hydrogen-bond acceptors (Lipinski definition) is 11. The van der Waals surface area contributed by atoms with Crippen molar-refractivity contribution in [3.8, 4) is 0 Å². The van der Waals surface area contributed by atoms with Gasteiger partial charge in [-0.15, -0.1) is 0 Å². The second kappa shape index (κ2) is 18.1. The van der Waals surface area contributed by atoms with Gasteiger partial charge in [-0.1, -0.05) is 59.3 Å². The van der Waals surface area contributed by atoms with Crippen LogP contribution in [0.1, 0.15) is 91.7 Å². The minimum Gasteiger partial charge on any atom is -0.449 e. The van der Waals surface area contributed by atoms with Gasteiger partial charge in [-0.25, -0.2) is 23.6 Å². The second-order valence-corrected chi connectivity index (χ2v) is 9.60. The largest absolute Gasteiger partial charge is 0.508 e. The van der Waals surface area contributed by atoms with Crippen LogP contribution >= 0.6 is 0 Å². The number of rotatable bonds is 16. The van der Waals surface area contributed by atoms with Crippen molar-refractivity contribution in [2.24, 2.45) is 0 Å². The standard InChI is InChI=1S/C27H42FN3O10/c1-5-8-11-14-36-25(33)30-22-19(28)17-31(24(32)29-22)23-21(41-27(35)38-16-13-10-7-3)20(18(4)39-23)40-26(34)37-15-12-9-6-2/h17-18,20-21,23H,5-16H2,1-4H3,(H,29,30,32,33)/t18-,20+,21?,23-/m1/s1. The Kier molecular flexibility index (Phi) is 14.9. The summed E-state index contributed by atoms with van der Waals surface area (Å²) < 4.78 is 47.4. The molecule has 0 bridgehead atoms. The Morgan fingerprint density at radius 1 is 0.878 bits per heavy atom. The second-order valence-electron chi connectivity index (χ2n) is 9.60. The summed E-state index contributed by atoms with van der Waals surface area (Å²) in [5.74, 6) is -1.72. The molecule has 1 amide bonds. The van der Waals surface area contributed by atoms with E-state index in [1.165, 1.54) is 6.92 Å². The molecule has 0 radical (unpaired) electrons. The van der Waals surface area contributed by atoms with Crippen molar-refractivity contribution in [2.45, 2.75) is 110 Å². The zero-order valence-electron chi connectivity index (χ0n) is 24.2. The first-order chi connectivity index (χ1) is 19.7. The molecule has 0 aliphatic carbocycles. The summed E-state index contributed by atoms with van der Waals surface area (Å²) in [6.45, 7) is 7.86. The number of nitrogens with zero attached hydrogens (tertiary/aromatic N) is 2. The van der Waals surface area contributed by atoms with E-state index in [2.05, 4.69) is 10.3 Å². The number of hydrogen-bond donors (Lipinski definition) is 1. The number of halogens is 1. The Morgan fingerprint density at radius 3 is 1.93 bits per heavy atom. The van der Waals surface area contributed by atoms with Gasteiger partial charge in [-0.3, -0.25) is 9.88 Å². The highest BCUT2D eigenvalue weighted by atomic mass is 19.1. The molecule has 0 aromatic carbocycles. The molecular weight excluding hydrogens is 545 g/mol. The minimum atomic E-state index is -1.43. The summed E-state index contributed by atoms with van der Waals surface area (Å²) in [5, 5.41) is 2.10. The number of aromatic nitrogens is 2. The molecule has 1 saturated heterocycles. The number of anilines is 1. The third-order valence-corrected chi connectivity index (χ3v) is 6.20. The number of carbonyl (C=O) groups excluding carboxylic acids is 3. The molecule has 0 spiro atoms. The van der Waals surface area contributed by atoms with Crippen LogP contribution < -0.4 is 11.0 Å². The fourth-order valence-electron chi connectivity index (χ4n) is 3.99. The fraction of sp³-hybridized carbons (Fsp3) is 0.741. The summed E-state index contributed by atoms with van der Waals surface area (Å²) in [6, 6.07) is 0. The molecule has 1 fully saturated rings. The molecular formula is C27H42FN3O10. The van der Waals surface area contributed by atoms with Gasteiger partial charge in [-0.05, 0) is 26.2 Å². The molecule has 41 heavy (non-hydrogen) atoms. The number of carbonyl (C=O) groups is 3. The van der Waals surface area contributed by atoms with Crippen LogP contribution in [-0.2, 0) is 28.4 Å². The van der Waals surface area contributed by atoms with Crippen molar-refractivity contribution >= 4 is 24.2 Å². The number of unbranched alkanes of at least 4 members (excludes halogenated alkanes) is 6. The molecule has 2 rings (SSSR count). The summed E-state index contributed by atoms with van der Waals surface area (Å²) in [6.07, 6.45) is -0.0693. The molecule has 4 atom stereocenters. The van der Waals surface area contributed by atoms with E-state index in [0.29, 0.717) is 19.3 Å². The molecule has 1 aromatic rings. The first kappa shape index (κ1) is 33.8. The van der Waals surface area contributed by atoms with E-state index in [1.54, 1.807) is 0 Å². The lowest BCUT2D eigenvalue weighted by atomic mass is 10.1. The summed E-state index contributed by atoms with van der Waals surface area (Å²) in [5.41, 5.74) is -1.03. The van der Waals surface area contributed by atoms with Crippen LogP contribution in [-0.4, -0.2) is 66.1 Å². The Balaban J connectivity index is 2.21. The van der Waals surface area contributed by atoms with Gasteiger partial charge in [0, 0.05) is 0 Å². The molecule has 232 valence electrons. The number of nitrogens with one attached hydrogen (secondary N) is 1. The zero-order chi connectivity index (χ0) is 30.2.